The predicted octanol–water partition coefficient (Wildman–Crippen LogP) is 2.71. The lowest BCUT2D eigenvalue weighted by Crippen LogP contribution is -2.10. The summed E-state index contributed by atoms with van der Waals surface area (Å²) in [6, 6.07) is 10.6. The number of nitrogens with one attached hydrogen (secondary N) is 2. The van der Waals surface area contributed by atoms with Crippen LogP contribution in [0.25, 0.3) is 0 Å². The summed E-state index contributed by atoms with van der Waals surface area (Å²) in [7, 11) is 1.68. The molecule has 3 rings (SSSR count). The molecule has 2 N–H and O–H groups in total. The van der Waals surface area contributed by atoms with Crippen LogP contribution in [0.5, 0.6) is 5.75 Å². The van der Waals surface area contributed by atoms with E-state index in [2.05, 4.69) is 26.7 Å². The molecule has 1 fully saturated rings. The average molecular weight is 284 g/mol. The van der Waals surface area contributed by atoms with E-state index in [1.807, 2.05) is 24.3 Å². The Morgan fingerprint density at radius 3 is 3.00 bits per heavy atom. The second-order valence-electron chi connectivity index (χ2n) is 5.21. The third kappa shape index (κ3) is 4.08. The van der Waals surface area contributed by atoms with Crippen molar-refractivity contribution in [3.63, 3.8) is 0 Å². The largest absolute Gasteiger partial charge is 0.497 e. The van der Waals surface area contributed by atoms with E-state index in [4.69, 9.17) is 4.74 Å². The number of benzene rings is 1. The fourth-order valence-corrected chi connectivity index (χ4v) is 2.11. The van der Waals surface area contributed by atoms with Crippen molar-refractivity contribution in [2.45, 2.75) is 25.3 Å². The number of nitrogens with zero attached hydrogens (tertiary/aromatic N) is 2. The number of anilines is 2. The van der Waals surface area contributed by atoms with Gasteiger partial charge in [0.05, 0.1) is 7.11 Å². The van der Waals surface area contributed by atoms with Gasteiger partial charge in [-0.25, -0.2) is 4.98 Å². The van der Waals surface area contributed by atoms with Crippen molar-refractivity contribution in [2.24, 2.45) is 0 Å². The minimum atomic E-state index is 0.601. The summed E-state index contributed by atoms with van der Waals surface area (Å²) in [5.41, 5.74) is 1.23. The molecule has 1 aliphatic carbocycles. The molecule has 5 heteroatoms. The van der Waals surface area contributed by atoms with Crippen molar-refractivity contribution in [2.75, 3.05) is 24.3 Å². The molecule has 0 saturated heterocycles. The van der Waals surface area contributed by atoms with E-state index in [1.54, 1.807) is 13.3 Å². The molecule has 5 nitrogen and oxygen atoms in total. The quantitative estimate of drug-likeness (QED) is 0.818. The molecule has 0 bridgehead atoms. The maximum absolute atomic E-state index is 5.22. The molecule has 1 aromatic heterocycles. The van der Waals surface area contributed by atoms with Crippen molar-refractivity contribution in [1.29, 1.82) is 0 Å². The van der Waals surface area contributed by atoms with Gasteiger partial charge in [0.25, 0.3) is 0 Å². The molecule has 21 heavy (non-hydrogen) atoms. The predicted molar refractivity (Wildman–Crippen MR) is 83.9 cm³/mol. The van der Waals surface area contributed by atoms with Gasteiger partial charge < -0.3 is 15.4 Å². The van der Waals surface area contributed by atoms with Crippen LogP contribution in [0, 0.1) is 0 Å². The van der Waals surface area contributed by atoms with Gasteiger partial charge in [0.15, 0.2) is 0 Å². The number of ether oxygens (including phenoxy) is 1. The molecular weight excluding hydrogens is 264 g/mol. The number of aromatic nitrogens is 2. The monoisotopic (exact) mass is 284 g/mol. The summed E-state index contributed by atoms with van der Waals surface area (Å²) in [4.78, 5) is 8.70. The number of hydrogen-bond donors (Lipinski definition) is 2. The van der Waals surface area contributed by atoms with Gasteiger partial charge in [-0.05, 0) is 43.0 Å². The van der Waals surface area contributed by atoms with Crippen molar-refractivity contribution in [1.82, 2.24) is 9.97 Å². The van der Waals surface area contributed by atoms with E-state index >= 15 is 0 Å². The standard InChI is InChI=1S/C16H20N4O/c1-21-14-4-2-3-12(11-14)7-9-17-16-18-10-8-15(20-16)19-13-5-6-13/h2-4,8,10-11,13H,5-7,9H2,1H3,(H2,17,18,19,20). The van der Waals surface area contributed by atoms with Crippen LogP contribution >= 0.6 is 0 Å². The van der Waals surface area contributed by atoms with Crippen molar-refractivity contribution >= 4 is 11.8 Å². The second kappa shape index (κ2) is 6.43. The number of hydrogen-bond acceptors (Lipinski definition) is 5. The minimum Gasteiger partial charge on any atom is -0.497 e. The topological polar surface area (TPSA) is 59.1 Å². The van der Waals surface area contributed by atoms with E-state index in [1.165, 1.54) is 18.4 Å². The normalized spacial score (nSPS) is 13.8. The third-order valence-electron chi connectivity index (χ3n) is 3.42. The van der Waals surface area contributed by atoms with Crippen molar-refractivity contribution < 1.29 is 4.74 Å². The summed E-state index contributed by atoms with van der Waals surface area (Å²) < 4.78 is 5.22. The highest BCUT2D eigenvalue weighted by Gasteiger charge is 2.21. The lowest BCUT2D eigenvalue weighted by molar-refractivity contribution is 0.414. The first kappa shape index (κ1) is 13.7. The van der Waals surface area contributed by atoms with E-state index in [-0.39, 0.29) is 0 Å². The fourth-order valence-electron chi connectivity index (χ4n) is 2.11. The first-order chi connectivity index (χ1) is 10.3. The van der Waals surface area contributed by atoms with Crippen LogP contribution in [-0.2, 0) is 6.42 Å². The minimum absolute atomic E-state index is 0.601. The summed E-state index contributed by atoms with van der Waals surface area (Å²) >= 11 is 0. The Balaban J connectivity index is 1.52. The highest BCUT2D eigenvalue weighted by Crippen LogP contribution is 2.23. The van der Waals surface area contributed by atoms with Crippen LogP contribution in [0.1, 0.15) is 18.4 Å². The molecule has 0 amide bonds. The Morgan fingerprint density at radius 2 is 2.19 bits per heavy atom. The van der Waals surface area contributed by atoms with Gasteiger partial charge in [-0.1, -0.05) is 12.1 Å². The molecule has 0 spiro atoms. The van der Waals surface area contributed by atoms with Crippen molar-refractivity contribution in [3.8, 4) is 5.75 Å². The summed E-state index contributed by atoms with van der Waals surface area (Å²) in [5, 5.41) is 6.63. The zero-order valence-electron chi connectivity index (χ0n) is 12.2. The SMILES string of the molecule is COc1cccc(CCNc2nccc(NC3CC3)n2)c1. The van der Waals surface area contributed by atoms with Gasteiger partial charge in [-0.3, -0.25) is 0 Å². The van der Waals surface area contributed by atoms with Crippen LogP contribution in [0.2, 0.25) is 0 Å². The average Bonchev–Trinajstić information content (AvgIpc) is 3.32. The highest BCUT2D eigenvalue weighted by atomic mass is 16.5. The highest BCUT2D eigenvalue weighted by molar-refractivity contribution is 5.41. The Bertz CT molecular complexity index is 598. The van der Waals surface area contributed by atoms with Gasteiger partial charge in [-0.2, -0.15) is 4.98 Å². The maximum atomic E-state index is 5.22. The van der Waals surface area contributed by atoms with Crippen LogP contribution in [0.3, 0.4) is 0 Å². The zero-order valence-corrected chi connectivity index (χ0v) is 12.2. The Labute approximate surface area is 124 Å². The van der Waals surface area contributed by atoms with Gasteiger partial charge >= 0.3 is 0 Å². The van der Waals surface area contributed by atoms with E-state index in [0.29, 0.717) is 12.0 Å². The Kier molecular flexibility index (Phi) is 4.19. The van der Waals surface area contributed by atoms with Gasteiger partial charge in [-0.15, -0.1) is 0 Å². The lowest BCUT2D eigenvalue weighted by atomic mass is 10.1. The first-order valence-corrected chi connectivity index (χ1v) is 7.30. The molecule has 2 aromatic rings. The number of methoxy groups -OCH3 is 1. The number of rotatable bonds is 7. The first-order valence-electron chi connectivity index (χ1n) is 7.30. The summed E-state index contributed by atoms with van der Waals surface area (Å²) in [6.07, 6.45) is 5.16. The van der Waals surface area contributed by atoms with E-state index in [9.17, 15) is 0 Å². The molecule has 0 aliphatic heterocycles. The molecule has 0 unspecified atom stereocenters. The third-order valence-corrected chi connectivity index (χ3v) is 3.42. The van der Waals surface area contributed by atoms with Crippen LogP contribution in [0.15, 0.2) is 36.5 Å². The van der Waals surface area contributed by atoms with Gasteiger partial charge in [0.2, 0.25) is 5.95 Å². The molecule has 1 aromatic carbocycles. The van der Waals surface area contributed by atoms with Gasteiger partial charge in [0, 0.05) is 18.8 Å². The van der Waals surface area contributed by atoms with E-state index in [0.717, 1.165) is 24.5 Å². The molecule has 0 radical (unpaired) electrons. The molecule has 1 aliphatic rings. The van der Waals surface area contributed by atoms with Crippen LogP contribution < -0.4 is 15.4 Å². The van der Waals surface area contributed by atoms with Crippen LogP contribution in [0.4, 0.5) is 11.8 Å². The molecular formula is C16H20N4O. The fraction of sp³-hybridized carbons (Fsp3) is 0.375. The molecule has 1 heterocycles. The lowest BCUT2D eigenvalue weighted by Gasteiger charge is -2.08. The van der Waals surface area contributed by atoms with E-state index < -0.39 is 0 Å². The molecule has 110 valence electrons. The smallest absolute Gasteiger partial charge is 0.224 e. The second-order valence-corrected chi connectivity index (χ2v) is 5.21. The Hall–Kier alpha value is -2.30. The summed E-state index contributed by atoms with van der Waals surface area (Å²) in [5.74, 6) is 2.46. The summed E-state index contributed by atoms with van der Waals surface area (Å²) in [6.45, 7) is 0.792. The Morgan fingerprint density at radius 1 is 1.29 bits per heavy atom. The molecule has 1 saturated carbocycles. The van der Waals surface area contributed by atoms with Crippen molar-refractivity contribution in [3.05, 3.63) is 42.1 Å². The zero-order chi connectivity index (χ0) is 14.5. The van der Waals surface area contributed by atoms with Crippen LogP contribution in [-0.4, -0.2) is 29.7 Å². The maximum Gasteiger partial charge on any atom is 0.224 e. The molecule has 0 atom stereocenters. The van der Waals surface area contributed by atoms with Gasteiger partial charge in [0.1, 0.15) is 11.6 Å².